The highest BCUT2D eigenvalue weighted by Crippen LogP contribution is 2.32. The quantitative estimate of drug-likeness (QED) is 0.317. The van der Waals surface area contributed by atoms with Gasteiger partial charge in [-0.15, -0.1) is 0 Å². The summed E-state index contributed by atoms with van der Waals surface area (Å²) in [4.78, 5) is 30.5. The van der Waals surface area contributed by atoms with Crippen molar-refractivity contribution >= 4 is 23.1 Å². The molecule has 4 aromatic heterocycles. The molecule has 13 heteroatoms. The molecule has 2 amide bonds. The van der Waals surface area contributed by atoms with Gasteiger partial charge < -0.3 is 19.8 Å². The fourth-order valence-electron chi connectivity index (χ4n) is 3.90. The first-order valence-electron chi connectivity index (χ1n) is 11.3. The number of aromatic nitrogens is 5. The van der Waals surface area contributed by atoms with Crippen LogP contribution in [0.3, 0.4) is 0 Å². The number of carbonyl (C=O) groups excluding carboxylic acids is 2. The maximum atomic E-state index is 14.0. The van der Waals surface area contributed by atoms with Gasteiger partial charge in [0.1, 0.15) is 22.8 Å². The molecule has 0 atom stereocenters. The summed E-state index contributed by atoms with van der Waals surface area (Å²) in [6, 6.07) is 11.4. The molecule has 0 fully saturated rings. The van der Waals surface area contributed by atoms with E-state index in [-0.39, 0.29) is 34.8 Å². The number of hydrogen-bond acceptors (Lipinski definition) is 7. The predicted molar refractivity (Wildman–Crippen MR) is 131 cm³/mol. The Balaban J connectivity index is 1.48. The van der Waals surface area contributed by atoms with Crippen molar-refractivity contribution in [3.63, 3.8) is 0 Å². The van der Waals surface area contributed by atoms with Crippen LogP contribution in [0.1, 0.15) is 38.7 Å². The minimum absolute atomic E-state index is 0.0418. The van der Waals surface area contributed by atoms with E-state index >= 15 is 0 Å². The number of furan rings is 1. The Hall–Kier alpha value is -5.07. The van der Waals surface area contributed by atoms with E-state index in [4.69, 9.17) is 9.15 Å². The number of rotatable bonds is 8. The summed E-state index contributed by atoms with van der Waals surface area (Å²) in [5.74, 6) is -0.291. The summed E-state index contributed by atoms with van der Waals surface area (Å²) >= 11 is 0. The van der Waals surface area contributed by atoms with Gasteiger partial charge in [0.05, 0.1) is 37.5 Å². The zero-order chi connectivity index (χ0) is 26.8. The standard InChI is InChI=1S/C25H21F2N7O4/c1-33-13-18(21(32-33)25(36)28-11-14-6-5-9-38-14)31-24(35)16-12-29-34-19(22(26)27)10-17(30-23(16)34)15-7-3-4-8-20(15)37-2/h3-10,12-13,22H,11H2,1-2H3,(H,28,36)(H,31,35). The Morgan fingerprint density at radius 1 is 1.16 bits per heavy atom. The lowest BCUT2D eigenvalue weighted by atomic mass is 10.1. The smallest absolute Gasteiger partial charge is 0.280 e. The Morgan fingerprint density at radius 3 is 2.71 bits per heavy atom. The Labute approximate surface area is 214 Å². The first-order valence-corrected chi connectivity index (χ1v) is 11.3. The van der Waals surface area contributed by atoms with Gasteiger partial charge in [0.15, 0.2) is 11.3 Å². The number of halogens is 2. The third kappa shape index (κ3) is 4.68. The molecule has 0 saturated carbocycles. The van der Waals surface area contributed by atoms with Crippen LogP contribution in [0.2, 0.25) is 0 Å². The third-order valence-electron chi connectivity index (χ3n) is 5.65. The van der Waals surface area contributed by atoms with Gasteiger partial charge in [-0.2, -0.15) is 10.2 Å². The van der Waals surface area contributed by atoms with Crippen molar-refractivity contribution in [2.45, 2.75) is 13.0 Å². The molecule has 194 valence electrons. The molecule has 0 radical (unpaired) electrons. The number of hydrogen-bond donors (Lipinski definition) is 2. The van der Waals surface area contributed by atoms with Gasteiger partial charge >= 0.3 is 0 Å². The van der Waals surface area contributed by atoms with E-state index < -0.39 is 23.9 Å². The van der Waals surface area contributed by atoms with E-state index in [1.807, 2.05) is 0 Å². The topological polar surface area (TPSA) is 129 Å². The SMILES string of the molecule is COc1ccccc1-c1cc(C(F)F)n2ncc(C(=O)Nc3cn(C)nc3C(=O)NCc3ccco3)c2n1. The summed E-state index contributed by atoms with van der Waals surface area (Å²) in [7, 11) is 3.05. The number of carbonyl (C=O) groups is 2. The van der Waals surface area contributed by atoms with E-state index in [9.17, 15) is 18.4 Å². The molecule has 38 heavy (non-hydrogen) atoms. The number of alkyl halides is 2. The molecule has 1 aromatic carbocycles. The van der Waals surface area contributed by atoms with E-state index in [0.717, 1.165) is 10.7 Å². The van der Waals surface area contributed by atoms with Crippen LogP contribution in [-0.4, -0.2) is 43.3 Å². The second kappa shape index (κ2) is 10.1. The molecule has 0 aliphatic heterocycles. The van der Waals surface area contributed by atoms with Crippen LogP contribution in [0.5, 0.6) is 5.75 Å². The molecule has 0 aliphatic rings. The van der Waals surface area contributed by atoms with Gasteiger partial charge in [-0.3, -0.25) is 14.3 Å². The summed E-state index contributed by atoms with van der Waals surface area (Å²) in [5.41, 5.74) is 0.107. The van der Waals surface area contributed by atoms with Crippen molar-refractivity contribution in [3.8, 4) is 17.0 Å². The van der Waals surface area contributed by atoms with Gasteiger partial charge in [0, 0.05) is 18.8 Å². The second-order valence-corrected chi connectivity index (χ2v) is 8.14. The molecule has 5 rings (SSSR count). The van der Waals surface area contributed by atoms with Crippen LogP contribution < -0.4 is 15.4 Å². The summed E-state index contributed by atoms with van der Waals surface area (Å²) < 4.78 is 40.8. The van der Waals surface area contributed by atoms with Crippen LogP contribution in [0, 0.1) is 0 Å². The van der Waals surface area contributed by atoms with Crippen molar-refractivity contribution in [2.24, 2.45) is 7.05 Å². The van der Waals surface area contributed by atoms with E-state index in [2.05, 4.69) is 25.8 Å². The fourth-order valence-corrected chi connectivity index (χ4v) is 3.90. The number of nitrogens with zero attached hydrogens (tertiary/aromatic N) is 5. The number of benzene rings is 1. The molecule has 0 spiro atoms. The van der Waals surface area contributed by atoms with Crippen LogP contribution in [0.4, 0.5) is 14.5 Å². The number of anilines is 1. The second-order valence-electron chi connectivity index (χ2n) is 8.14. The van der Waals surface area contributed by atoms with Crippen molar-refractivity contribution in [1.82, 2.24) is 29.7 Å². The predicted octanol–water partition coefficient (Wildman–Crippen LogP) is 3.85. The Bertz CT molecular complexity index is 1630. The molecule has 0 unspecified atom stereocenters. The first kappa shape index (κ1) is 24.6. The van der Waals surface area contributed by atoms with Gasteiger partial charge in [0.25, 0.3) is 18.2 Å². The van der Waals surface area contributed by atoms with Gasteiger partial charge in [-0.05, 0) is 30.3 Å². The highest BCUT2D eigenvalue weighted by atomic mass is 19.3. The lowest BCUT2D eigenvalue weighted by Crippen LogP contribution is -2.25. The van der Waals surface area contributed by atoms with Crippen molar-refractivity contribution in [3.05, 3.63) is 83.8 Å². The van der Waals surface area contributed by atoms with Crippen LogP contribution in [0.25, 0.3) is 16.9 Å². The summed E-state index contributed by atoms with van der Waals surface area (Å²) in [5, 5.41) is 13.4. The average Bonchev–Trinajstić information content (AvgIpc) is 3.66. The molecule has 0 aliphatic carbocycles. The third-order valence-corrected chi connectivity index (χ3v) is 5.65. The van der Waals surface area contributed by atoms with Crippen molar-refractivity contribution in [1.29, 1.82) is 0 Å². The van der Waals surface area contributed by atoms with E-state index in [0.29, 0.717) is 17.1 Å². The molecule has 0 bridgehead atoms. The zero-order valence-electron chi connectivity index (χ0n) is 20.2. The number of para-hydroxylation sites is 1. The number of aryl methyl sites for hydroxylation is 1. The zero-order valence-corrected chi connectivity index (χ0v) is 20.2. The highest BCUT2D eigenvalue weighted by molar-refractivity contribution is 6.11. The Kier molecular flexibility index (Phi) is 6.56. The molecule has 5 aromatic rings. The Morgan fingerprint density at radius 2 is 1.97 bits per heavy atom. The monoisotopic (exact) mass is 521 g/mol. The van der Waals surface area contributed by atoms with E-state index in [1.54, 1.807) is 43.4 Å². The highest BCUT2D eigenvalue weighted by Gasteiger charge is 2.24. The van der Waals surface area contributed by atoms with E-state index in [1.165, 1.54) is 30.3 Å². The van der Waals surface area contributed by atoms with Crippen LogP contribution in [-0.2, 0) is 13.6 Å². The average molecular weight is 521 g/mol. The van der Waals surface area contributed by atoms with Crippen molar-refractivity contribution < 1.29 is 27.5 Å². The van der Waals surface area contributed by atoms with Crippen LogP contribution >= 0.6 is 0 Å². The minimum atomic E-state index is -2.90. The molecular weight excluding hydrogens is 500 g/mol. The lowest BCUT2D eigenvalue weighted by molar-refractivity contribution is 0.0943. The van der Waals surface area contributed by atoms with Gasteiger partial charge in [0.2, 0.25) is 0 Å². The van der Waals surface area contributed by atoms with Crippen molar-refractivity contribution in [2.75, 3.05) is 12.4 Å². The van der Waals surface area contributed by atoms with Gasteiger partial charge in [-0.1, -0.05) is 12.1 Å². The molecule has 0 saturated heterocycles. The minimum Gasteiger partial charge on any atom is -0.496 e. The molecule has 4 heterocycles. The van der Waals surface area contributed by atoms with Gasteiger partial charge in [-0.25, -0.2) is 18.3 Å². The maximum Gasteiger partial charge on any atom is 0.280 e. The molecular formula is C25H21F2N7O4. The maximum absolute atomic E-state index is 14.0. The summed E-state index contributed by atoms with van der Waals surface area (Å²) in [6.07, 6.45) is 1.18. The van der Waals surface area contributed by atoms with Crippen LogP contribution in [0.15, 0.2) is 65.5 Å². The summed E-state index contributed by atoms with van der Waals surface area (Å²) in [6.45, 7) is 0.121. The molecule has 11 nitrogen and oxygen atoms in total. The lowest BCUT2D eigenvalue weighted by Gasteiger charge is -2.11. The first-order chi connectivity index (χ1) is 18.4. The number of nitrogens with one attached hydrogen (secondary N) is 2. The largest absolute Gasteiger partial charge is 0.496 e. The number of ether oxygens (including phenoxy) is 1. The fraction of sp³-hybridized carbons (Fsp3) is 0.160. The molecule has 2 N–H and O–H groups in total. The number of methoxy groups -OCH3 is 1. The normalized spacial score (nSPS) is 11.2. The number of fused-ring (bicyclic) bond motifs is 1. The number of amides is 2.